The van der Waals surface area contributed by atoms with E-state index in [0.717, 1.165) is 22.8 Å². The molecule has 5 heteroatoms. The first-order chi connectivity index (χ1) is 7.66. The third kappa shape index (κ3) is 2.25. The van der Waals surface area contributed by atoms with Crippen LogP contribution in [0.3, 0.4) is 0 Å². The Morgan fingerprint density at radius 1 is 1.25 bits per heavy atom. The Bertz CT molecular complexity index is 504. The maximum absolute atomic E-state index is 11.8. The Morgan fingerprint density at radius 3 is 2.50 bits per heavy atom. The average Bonchev–Trinajstić information content (AvgIpc) is 2.68. The molecule has 0 aliphatic carbocycles. The van der Waals surface area contributed by atoms with E-state index >= 15 is 0 Å². The SMILES string of the molecule is Cc1ccc(NC(=O)c2snnc2C)cc1. The topological polar surface area (TPSA) is 54.9 Å². The minimum atomic E-state index is -0.156. The predicted molar refractivity (Wildman–Crippen MR) is 63.8 cm³/mol. The van der Waals surface area contributed by atoms with Crippen molar-refractivity contribution in [2.75, 3.05) is 5.32 Å². The molecular weight excluding hydrogens is 222 g/mol. The van der Waals surface area contributed by atoms with Crippen molar-refractivity contribution in [1.82, 2.24) is 9.59 Å². The van der Waals surface area contributed by atoms with Crippen molar-refractivity contribution < 1.29 is 4.79 Å². The molecule has 4 nitrogen and oxygen atoms in total. The van der Waals surface area contributed by atoms with Crippen LogP contribution in [0.15, 0.2) is 24.3 Å². The highest BCUT2D eigenvalue weighted by atomic mass is 32.1. The fourth-order valence-corrected chi connectivity index (χ4v) is 1.82. The molecule has 0 bridgehead atoms. The summed E-state index contributed by atoms with van der Waals surface area (Å²) < 4.78 is 3.73. The van der Waals surface area contributed by atoms with Crippen LogP contribution in [-0.4, -0.2) is 15.5 Å². The van der Waals surface area contributed by atoms with Crippen LogP contribution in [0.2, 0.25) is 0 Å². The van der Waals surface area contributed by atoms with Crippen molar-refractivity contribution in [2.24, 2.45) is 0 Å². The van der Waals surface area contributed by atoms with Crippen molar-refractivity contribution in [2.45, 2.75) is 13.8 Å². The van der Waals surface area contributed by atoms with E-state index in [1.807, 2.05) is 31.2 Å². The molecule has 2 aromatic rings. The Hall–Kier alpha value is -1.75. The Morgan fingerprint density at radius 2 is 1.94 bits per heavy atom. The quantitative estimate of drug-likeness (QED) is 0.866. The standard InChI is InChI=1S/C11H11N3OS/c1-7-3-5-9(6-4-7)12-11(15)10-8(2)13-14-16-10/h3-6H,1-2H3,(H,12,15). The second-order valence-electron chi connectivity index (χ2n) is 3.51. The van der Waals surface area contributed by atoms with Gasteiger partial charge < -0.3 is 5.32 Å². The minimum Gasteiger partial charge on any atom is -0.321 e. The summed E-state index contributed by atoms with van der Waals surface area (Å²) in [4.78, 5) is 12.4. The lowest BCUT2D eigenvalue weighted by molar-refractivity contribution is 0.103. The van der Waals surface area contributed by atoms with Gasteiger partial charge in [0, 0.05) is 5.69 Å². The van der Waals surface area contributed by atoms with Gasteiger partial charge in [0.1, 0.15) is 4.88 Å². The third-order valence-electron chi connectivity index (χ3n) is 2.17. The van der Waals surface area contributed by atoms with Gasteiger partial charge in [-0.05, 0) is 37.5 Å². The number of anilines is 1. The van der Waals surface area contributed by atoms with Crippen molar-refractivity contribution in [3.05, 3.63) is 40.4 Å². The molecule has 1 amide bonds. The van der Waals surface area contributed by atoms with Crippen molar-refractivity contribution >= 4 is 23.1 Å². The number of carbonyl (C=O) groups excluding carboxylic acids is 1. The summed E-state index contributed by atoms with van der Waals surface area (Å²) in [6.45, 7) is 3.77. The van der Waals surface area contributed by atoms with E-state index in [4.69, 9.17) is 0 Å². The van der Waals surface area contributed by atoms with Gasteiger partial charge in [-0.15, -0.1) is 5.10 Å². The first kappa shape index (κ1) is 10.8. The van der Waals surface area contributed by atoms with Crippen LogP contribution < -0.4 is 5.32 Å². The van der Waals surface area contributed by atoms with Gasteiger partial charge in [-0.2, -0.15) is 0 Å². The zero-order valence-corrected chi connectivity index (χ0v) is 9.84. The van der Waals surface area contributed by atoms with E-state index in [9.17, 15) is 4.79 Å². The van der Waals surface area contributed by atoms with E-state index in [2.05, 4.69) is 14.9 Å². The molecule has 2 rings (SSSR count). The largest absolute Gasteiger partial charge is 0.321 e. The number of carbonyl (C=O) groups is 1. The molecule has 0 saturated carbocycles. The average molecular weight is 233 g/mol. The molecule has 82 valence electrons. The van der Waals surface area contributed by atoms with Crippen LogP contribution in [0.4, 0.5) is 5.69 Å². The first-order valence-corrected chi connectivity index (χ1v) is 5.61. The lowest BCUT2D eigenvalue weighted by Gasteiger charge is -2.03. The van der Waals surface area contributed by atoms with Gasteiger partial charge in [-0.25, -0.2) is 0 Å². The molecule has 16 heavy (non-hydrogen) atoms. The number of aromatic nitrogens is 2. The second-order valence-corrected chi connectivity index (χ2v) is 4.26. The number of nitrogens with zero attached hydrogens (tertiary/aromatic N) is 2. The first-order valence-electron chi connectivity index (χ1n) is 4.84. The maximum atomic E-state index is 11.8. The fourth-order valence-electron chi connectivity index (χ4n) is 1.26. The van der Waals surface area contributed by atoms with E-state index in [1.165, 1.54) is 0 Å². The van der Waals surface area contributed by atoms with Gasteiger partial charge in [-0.3, -0.25) is 4.79 Å². The van der Waals surface area contributed by atoms with Crippen LogP contribution in [0.5, 0.6) is 0 Å². The zero-order valence-electron chi connectivity index (χ0n) is 9.02. The number of rotatable bonds is 2. The van der Waals surface area contributed by atoms with Gasteiger partial charge in [0.15, 0.2) is 0 Å². The van der Waals surface area contributed by atoms with Crippen molar-refractivity contribution in [3.63, 3.8) is 0 Å². The normalized spacial score (nSPS) is 10.1. The zero-order chi connectivity index (χ0) is 11.5. The van der Waals surface area contributed by atoms with Crippen molar-refractivity contribution in [1.29, 1.82) is 0 Å². The Balaban J connectivity index is 2.14. The van der Waals surface area contributed by atoms with Gasteiger partial charge in [-0.1, -0.05) is 22.2 Å². The number of aryl methyl sites for hydroxylation is 2. The molecule has 0 radical (unpaired) electrons. The van der Waals surface area contributed by atoms with E-state index < -0.39 is 0 Å². The minimum absolute atomic E-state index is 0.156. The molecule has 1 aromatic carbocycles. The summed E-state index contributed by atoms with van der Waals surface area (Å²) in [5.74, 6) is -0.156. The molecule has 0 spiro atoms. The summed E-state index contributed by atoms with van der Waals surface area (Å²) >= 11 is 1.11. The van der Waals surface area contributed by atoms with Gasteiger partial charge in [0.25, 0.3) is 5.91 Å². The molecule has 0 unspecified atom stereocenters. The molecule has 0 atom stereocenters. The summed E-state index contributed by atoms with van der Waals surface area (Å²) in [5.41, 5.74) is 2.60. The third-order valence-corrected chi connectivity index (χ3v) is 2.99. The number of hydrogen-bond acceptors (Lipinski definition) is 4. The van der Waals surface area contributed by atoms with Gasteiger partial charge >= 0.3 is 0 Å². The Kier molecular flexibility index (Phi) is 2.96. The molecule has 0 aliphatic rings. The molecule has 1 aromatic heterocycles. The van der Waals surface area contributed by atoms with Crippen LogP contribution in [-0.2, 0) is 0 Å². The summed E-state index contributed by atoms with van der Waals surface area (Å²) in [7, 11) is 0. The lowest BCUT2D eigenvalue weighted by Crippen LogP contribution is -2.11. The van der Waals surface area contributed by atoms with Crippen LogP contribution in [0.25, 0.3) is 0 Å². The molecular formula is C11H11N3OS. The fraction of sp³-hybridized carbons (Fsp3) is 0.182. The molecule has 1 N–H and O–H groups in total. The monoisotopic (exact) mass is 233 g/mol. The summed E-state index contributed by atoms with van der Waals surface area (Å²) in [5, 5.41) is 6.60. The van der Waals surface area contributed by atoms with Gasteiger partial charge in [0.2, 0.25) is 0 Å². The van der Waals surface area contributed by atoms with Crippen molar-refractivity contribution in [3.8, 4) is 0 Å². The predicted octanol–water partition coefficient (Wildman–Crippen LogP) is 2.41. The van der Waals surface area contributed by atoms with E-state index in [0.29, 0.717) is 10.6 Å². The number of benzene rings is 1. The second kappa shape index (κ2) is 4.40. The number of hydrogen-bond donors (Lipinski definition) is 1. The van der Waals surface area contributed by atoms with Crippen LogP contribution in [0.1, 0.15) is 20.9 Å². The number of amides is 1. The molecule has 1 heterocycles. The lowest BCUT2D eigenvalue weighted by atomic mass is 10.2. The summed E-state index contributed by atoms with van der Waals surface area (Å²) in [6.07, 6.45) is 0. The highest BCUT2D eigenvalue weighted by Gasteiger charge is 2.12. The summed E-state index contributed by atoms with van der Waals surface area (Å²) in [6, 6.07) is 7.65. The maximum Gasteiger partial charge on any atom is 0.269 e. The number of nitrogens with one attached hydrogen (secondary N) is 1. The highest BCUT2D eigenvalue weighted by Crippen LogP contribution is 2.14. The smallest absolute Gasteiger partial charge is 0.269 e. The highest BCUT2D eigenvalue weighted by molar-refractivity contribution is 7.08. The van der Waals surface area contributed by atoms with Crippen LogP contribution in [0, 0.1) is 13.8 Å². The molecule has 0 fully saturated rings. The molecule has 0 aliphatic heterocycles. The van der Waals surface area contributed by atoms with Crippen LogP contribution >= 0.6 is 11.5 Å². The molecule has 0 saturated heterocycles. The van der Waals surface area contributed by atoms with E-state index in [1.54, 1.807) is 6.92 Å². The van der Waals surface area contributed by atoms with Gasteiger partial charge in [0.05, 0.1) is 5.69 Å². The Labute approximate surface area is 97.5 Å². The van der Waals surface area contributed by atoms with E-state index in [-0.39, 0.29) is 5.91 Å².